The van der Waals surface area contributed by atoms with E-state index in [1.54, 1.807) is 30.2 Å². The molecule has 0 aliphatic heterocycles. The summed E-state index contributed by atoms with van der Waals surface area (Å²) in [6.45, 7) is 5.83. The molecule has 0 aliphatic rings. The van der Waals surface area contributed by atoms with Crippen LogP contribution >= 0.6 is 23.1 Å². The van der Waals surface area contributed by atoms with Crippen LogP contribution < -0.4 is 9.64 Å². The average molecular weight is 472 g/mol. The van der Waals surface area contributed by atoms with E-state index in [0.29, 0.717) is 13.0 Å². The van der Waals surface area contributed by atoms with E-state index in [9.17, 15) is 4.79 Å². The Morgan fingerprint density at radius 2 is 1.75 bits per heavy atom. The van der Waals surface area contributed by atoms with Crippen molar-refractivity contribution in [1.82, 2.24) is 9.88 Å². The molecule has 3 rings (SSSR count). The number of nitrogens with zero attached hydrogens (tertiary/aromatic N) is 3. The first-order valence-electron chi connectivity index (χ1n) is 11.0. The Morgan fingerprint density at radius 1 is 1.03 bits per heavy atom. The highest BCUT2D eigenvalue weighted by Gasteiger charge is 2.20. The van der Waals surface area contributed by atoms with Gasteiger partial charge in [0.1, 0.15) is 5.75 Å². The zero-order valence-electron chi connectivity index (χ0n) is 19.7. The van der Waals surface area contributed by atoms with Gasteiger partial charge >= 0.3 is 0 Å². The van der Waals surface area contributed by atoms with Crippen LogP contribution in [0.15, 0.2) is 41.3 Å². The molecule has 0 atom stereocenters. The molecule has 0 fully saturated rings. The molecule has 1 aromatic heterocycles. The van der Waals surface area contributed by atoms with E-state index >= 15 is 0 Å². The quantitative estimate of drug-likeness (QED) is 0.262. The fraction of sp³-hybridized carbons (Fsp3) is 0.440. The second kappa shape index (κ2) is 11.7. The lowest BCUT2D eigenvalue weighted by atomic mass is 10.1. The van der Waals surface area contributed by atoms with E-state index in [2.05, 4.69) is 57.1 Å². The third-order valence-corrected chi connectivity index (χ3v) is 7.63. The van der Waals surface area contributed by atoms with Gasteiger partial charge in [-0.1, -0.05) is 23.5 Å². The lowest BCUT2D eigenvalue weighted by molar-refractivity contribution is -0.118. The fourth-order valence-corrected chi connectivity index (χ4v) is 5.46. The number of amides is 1. The van der Waals surface area contributed by atoms with E-state index < -0.39 is 0 Å². The first-order chi connectivity index (χ1) is 15.4. The number of aryl methyl sites for hydroxylation is 2. The van der Waals surface area contributed by atoms with Gasteiger partial charge in [0.05, 0.1) is 17.3 Å². The van der Waals surface area contributed by atoms with Crippen LogP contribution in [0.25, 0.3) is 10.2 Å². The molecule has 2 aromatic carbocycles. The number of thioether (sulfide) groups is 1. The molecule has 0 saturated carbocycles. The van der Waals surface area contributed by atoms with Crippen molar-refractivity contribution in [2.24, 2.45) is 0 Å². The maximum Gasteiger partial charge on any atom is 0.228 e. The van der Waals surface area contributed by atoms with E-state index in [1.165, 1.54) is 15.2 Å². The Kier molecular flexibility index (Phi) is 8.96. The van der Waals surface area contributed by atoms with E-state index in [4.69, 9.17) is 9.72 Å². The second-order valence-corrected chi connectivity index (χ2v) is 10.3. The molecule has 172 valence electrons. The van der Waals surface area contributed by atoms with Crippen LogP contribution in [0, 0.1) is 13.8 Å². The summed E-state index contributed by atoms with van der Waals surface area (Å²) in [6.07, 6.45) is 2.29. The largest absolute Gasteiger partial charge is 0.497 e. The summed E-state index contributed by atoms with van der Waals surface area (Å²) >= 11 is 3.41. The van der Waals surface area contributed by atoms with Gasteiger partial charge in [-0.05, 0) is 88.5 Å². The minimum Gasteiger partial charge on any atom is -0.497 e. The molecule has 1 heterocycles. The minimum absolute atomic E-state index is 0.161. The number of carbonyl (C=O) groups is 1. The average Bonchev–Trinajstić information content (AvgIpc) is 3.23. The maximum atomic E-state index is 13.2. The van der Waals surface area contributed by atoms with Gasteiger partial charge in [0.15, 0.2) is 5.13 Å². The van der Waals surface area contributed by atoms with E-state index in [0.717, 1.165) is 47.1 Å². The lowest BCUT2D eigenvalue weighted by Crippen LogP contribution is -2.33. The third kappa shape index (κ3) is 6.47. The molecule has 0 spiro atoms. The van der Waals surface area contributed by atoms with Crippen molar-refractivity contribution in [2.75, 3.05) is 44.9 Å². The van der Waals surface area contributed by atoms with Crippen molar-refractivity contribution in [2.45, 2.75) is 38.0 Å². The molecule has 0 radical (unpaired) electrons. The van der Waals surface area contributed by atoms with Gasteiger partial charge in [0, 0.05) is 17.9 Å². The highest BCUT2D eigenvalue weighted by atomic mass is 32.2. The summed E-state index contributed by atoms with van der Waals surface area (Å²) in [4.78, 5) is 23.3. The fourth-order valence-electron chi connectivity index (χ4n) is 3.46. The smallest absolute Gasteiger partial charge is 0.228 e. The number of carbonyl (C=O) groups excluding carboxylic acids is 1. The van der Waals surface area contributed by atoms with Crippen molar-refractivity contribution in [3.8, 4) is 5.75 Å². The number of anilines is 1. The molecule has 0 aliphatic carbocycles. The summed E-state index contributed by atoms with van der Waals surface area (Å²) < 4.78 is 6.39. The van der Waals surface area contributed by atoms with Crippen LogP contribution in [0.4, 0.5) is 5.13 Å². The van der Waals surface area contributed by atoms with Gasteiger partial charge in [0.25, 0.3) is 0 Å². The SMILES string of the molecule is COc1ccc(SCCCC(=O)N(CCCN(C)C)c2nc3c(C)ccc(C)c3s2)cc1. The summed E-state index contributed by atoms with van der Waals surface area (Å²) in [5.41, 5.74) is 3.39. The first-order valence-corrected chi connectivity index (χ1v) is 12.8. The van der Waals surface area contributed by atoms with Crippen molar-refractivity contribution in [3.05, 3.63) is 47.5 Å². The molecule has 32 heavy (non-hydrogen) atoms. The first kappa shape index (κ1) is 24.6. The molecule has 0 saturated heterocycles. The monoisotopic (exact) mass is 471 g/mol. The maximum absolute atomic E-state index is 13.2. The summed E-state index contributed by atoms with van der Waals surface area (Å²) in [7, 11) is 5.80. The van der Waals surface area contributed by atoms with E-state index in [1.807, 2.05) is 17.0 Å². The standard InChI is InChI=1S/C25H33N3O2S2/c1-18-9-10-19(2)24-23(18)26-25(32-24)28(16-7-15-27(3)4)22(29)8-6-17-31-21-13-11-20(30-5)12-14-21/h9-14H,6-8,15-17H2,1-5H3. The molecule has 7 heteroatoms. The van der Waals surface area contributed by atoms with Gasteiger partial charge in [-0.3, -0.25) is 9.69 Å². The van der Waals surface area contributed by atoms with Gasteiger partial charge in [-0.15, -0.1) is 11.8 Å². The lowest BCUT2D eigenvalue weighted by Gasteiger charge is -2.21. The van der Waals surface area contributed by atoms with Crippen LogP contribution in [0.5, 0.6) is 5.75 Å². The number of hydrogen-bond donors (Lipinski definition) is 0. The van der Waals surface area contributed by atoms with Gasteiger partial charge in [-0.2, -0.15) is 0 Å². The third-order valence-electron chi connectivity index (χ3n) is 5.31. The number of thiazole rings is 1. The predicted octanol–water partition coefficient (Wildman–Crippen LogP) is 5.78. The van der Waals surface area contributed by atoms with Crippen molar-refractivity contribution >= 4 is 44.4 Å². The number of hydrogen-bond acceptors (Lipinski definition) is 6. The molecular formula is C25H33N3O2S2. The zero-order valence-corrected chi connectivity index (χ0v) is 21.3. The number of rotatable bonds is 11. The Bertz CT molecular complexity index is 993. The molecule has 0 bridgehead atoms. The van der Waals surface area contributed by atoms with Gasteiger partial charge in [0.2, 0.25) is 5.91 Å². The molecule has 5 nitrogen and oxygen atoms in total. The number of fused-ring (bicyclic) bond motifs is 1. The summed E-state index contributed by atoms with van der Waals surface area (Å²) in [5, 5.41) is 0.823. The summed E-state index contributed by atoms with van der Waals surface area (Å²) in [6, 6.07) is 12.3. The van der Waals surface area contributed by atoms with Crippen LogP contribution in [-0.2, 0) is 4.79 Å². The Labute approximate surface area is 199 Å². The topological polar surface area (TPSA) is 45.7 Å². The molecular weight excluding hydrogens is 438 g/mol. The van der Waals surface area contributed by atoms with Crippen LogP contribution in [0.3, 0.4) is 0 Å². The van der Waals surface area contributed by atoms with Crippen LogP contribution in [0.2, 0.25) is 0 Å². The van der Waals surface area contributed by atoms with Crippen molar-refractivity contribution in [1.29, 1.82) is 0 Å². The number of aromatic nitrogens is 1. The number of benzene rings is 2. The highest BCUT2D eigenvalue weighted by molar-refractivity contribution is 7.99. The second-order valence-electron chi connectivity index (χ2n) is 8.20. The Hall–Kier alpha value is -2.09. The Balaban J connectivity index is 1.65. The van der Waals surface area contributed by atoms with E-state index in [-0.39, 0.29) is 5.91 Å². The minimum atomic E-state index is 0.161. The highest BCUT2D eigenvalue weighted by Crippen LogP contribution is 2.33. The van der Waals surface area contributed by atoms with Gasteiger partial charge in [-0.25, -0.2) is 4.98 Å². The zero-order chi connectivity index (χ0) is 23.1. The Morgan fingerprint density at radius 3 is 2.41 bits per heavy atom. The predicted molar refractivity (Wildman–Crippen MR) is 138 cm³/mol. The molecule has 3 aromatic rings. The van der Waals surface area contributed by atoms with Crippen molar-refractivity contribution in [3.63, 3.8) is 0 Å². The van der Waals surface area contributed by atoms with Crippen molar-refractivity contribution < 1.29 is 9.53 Å². The molecule has 0 N–H and O–H groups in total. The number of methoxy groups -OCH3 is 1. The van der Waals surface area contributed by atoms with Crippen LogP contribution in [0.1, 0.15) is 30.4 Å². The van der Waals surface area contributed by atoms with Crippen LogP contribution in [-0.4, -0.2) is 55.8 Å². The normalized spacial score (nSPS) is 11.3. The summed E-state index contributed by atoms with van der Waals surface area (Å²) in [5.74, 6) is 1.93. The molecule has 0 unspecified atom stereocenters. The number of ether oxygens (including phenoxy) is 1. The van der Waals surface area contributed by atoms with Gasteiger partial charge < -0.3 is 9.64 Å². The molecule has 1 amide bonds.